The van der Waals surface area contributed by atoms with E-state index in [9.17, 15) is 0 Å². The molecule has 1 aromatic rings. The number of halogens is 1. The van der Waals surface area contributed by atoms with E-state index in [1.807, 2.05) is 0 Å². The van der Waals surface area contributed by atoms with Gasteiger partial charge in [0.1, 0.15) is 5.84 Å². The fourth-order valence-electron chi connectivity index (χ4n) is 1.91. The third-order valence-corrected chi connectivity index (χ3v) is 3.71. The van der Waals surface area contributed by atoms with Gasteiger partial charge in [0.05, 0.1) is 0 Å². The minimum atomic E-state index is 0.753. The molecule has 1 saturated heterocycles. The Bertz CT molecular complexity index is 387. The van der Waals surface area contributed by atoms with Crippen LogP contribution in [-0.2, 0) is 0 Å². The molecule has 1 heterocycles. The van der Waals surface area contributed by atoms with Gasteiger partial charge in [-0.2, -0.15) is 0 Å². The summed E-state index contributed by atoms with van der Waals surface area (Å²) in [6, 6.07) is 6.29. The summed E-state index contributed by atoms with van der Waals surface area (Å²) < 4.78 is 1.13. The average Bonchev–Trinajstić information content (AvgIpc) is 2.23. The van der Waals surface area contributed by atoms with Crippen LogP contribution in [0.3, 0.4) is 0 Å². The highest BCUT2D eigenvalue weighted by atomic mass is 79.9. The number of hydrogen-bond acceptors (Lipinski definition) is 1. The second-order valence-electron chi connectivity index (χ2n) is 3.99. The van der Waals surface area contributed by atoms with Gasteiger partial charge < -0.3 is 4.90 Å². The maximum absolute atomic E-state index is 7.92. The first kappa shape index (κ1) is 10.7. The zero-order valence-corrected chi connectivity index (χ0v) is 10.5. The Balaban J connectivity index is 2.28. The maximum atomic E-state index is 7.92. The Morgan fingerprint density at radius 1 is 1.33 bits per heavy atom. The van der Waals surface area contributed by atoms with E-state index in [-0.39, 0.29) is 0 Å². The lowest BCUT2D eigenvalue weighted by Crippen LogP contribution is -2.34. The molecule has 3 heteroatoms. The van der Waals surface area contributed by atoms with Crippen LogP contribution in [0.2, 0.25) is 0 Å². The SMILES string of the molecule is Cc1cc(N2CCCCC2=N)ccc1Br. The molecule has 0 atom stereocenters. The summed E-state index contributed by atoms with van der Waals surface area (Å²) in [5, 5.41) is 7.92. The van der Waals surface area contributed by atoms with Gasteiger partial charge in [0.25, 0.3) is 0 Å². The highest BCUT2D eigenvalue weighted by molar-refractivity contribution is 9.10. The largest absolute Gasteiger partial charge is 0.330 e. The van der Waals surface area contributed by atoms with Crippen molar-refractivity contribution in [1.82, 2.24) is 0 Å². The zero-order valence-electron chi connectivity index (χ0n) is 8.89. The molecule has 0 aromatic heterocycles. The first-order valence-electron chi connectivity index (χ1n) is 5.29. The molecule has 15 heavy (non-hydrogen) atoms. The van der Waals surface area contributed by atoms with E-state index in [2.05, 4.69) is 46.0 Å². The summed E-state index contributed by atoms with van der Waals surface area (Å²) in [4.78, 5) is 2.11. The van der Waals surface area contributed by atoms with Crippen LogP contribution >= 0.6 is 15.9 Å². The van der Waals surface area contributed by atoms with Crippen molar-refractivity contribution in [2.45, 2.75) is 26.2 Å². The predicted octanol–water partition coefficient (Wildman–Crippen LogP) is 3.73. The molecule has 1 aromatic carbocycles. The van der Waals surface area contributed by atoms with Gasteiger partial charge in [0.2, 0.25) is 0 Å². The average molecular weight is 267 g/mol. The van der Waals surface area contributed by atoms with Crippen LogP contribution in [0, 0.1) is 12.3 Å². The third kappa shape index (κ3) is 2.23. The minimum Gasteiger partial charge on any atom is -0.330 e. The van der Waals surface area contributed by atoms with Crippen molar-refractivity contribution in [2.75, 3.05) is 11.4 Å². The number of benzene rings is 1. The van der Waals surface area contributed by atoms with E-state index in [1.165, 1.54) is 12.0 Å². The number of piperidine rings is 1. The van der Waals surface area contributed by atoms with Crippen molar-refractivity contribution in [2.24, 2.45) is 0 Å². The molecular formula is C12H15BrN2. The molecule has 0 amide bonds. The third-order valence-electron chi connectivity index (χ3n) is 2.82. The Hall–Kier alpha value is -0.830. The van der Waals surface area contributed by atoms with Crippen LogP contribution < -0.4 is 4.90 Å². The molecule has 1 fully saturated rings. The normalized spacial score (nSPS) is 16.9. The van der Waals surface area contributed by atoms with Crippen molar-refractivity contribution >= 4 is 27.5 Å². The Labute approximate surface area is 98.9 Å². The van der Waals surface area contributed by atoms with Gasteiger partial charge in [-0.15, -0.1) is 0 Å². The summed E-state index contributed by atoms with van der Waals surface area (Å²) in [6.45, 7) is 3.07. The number of aryl methyl sites for hydroxylation is 1. The van der Waals surface area contributed by atoms with Crippen LogP contribution in [0.25, 0.3) is 0 Å². The Morgan fingerprint density at radius 3 is 2.80 bits per heavy atom. The summed E-state index contributed by atoms with van der Waals surface area (Å²) in [5.74, 6) is 0.753. The highest BCUT2D eigenvalue weighted by Gasteiger charge is 2.16. The minimum absolute atomic E-state index is 0.753. The van der Waals surface area contributed by atoms with Gasteiger partial charge in [-0.1, -0.05) is 15.9 Å². The lowest BCUT2D eigenvalue weighted by molar-refractivity contribution is 0.707. The zero-order chi connectivity index (χ0) is 10.8. The smallest absolute Gasteiger partial charge is 0.100 e. The van der Waals surface area contributed by atoms with E-state index >= 15 is 0 Å². The molecule has 1 aliphatic rings. The number of amidine groups is 1. The quantitative estimate of drug-likeness (QED) is 0.824. The first-order valence-corrected chi connectivity index (χ1v) is 6.09. The number of nitrogens with one attached hydrogen (secondary N) is 1. The van der Waals surface area contributed by atoms with Gasteiger partial charge in [-0.05, 0) is 43.5 Å². The molecule has 0 bridgehead atoms. The monoisotopic (exact) mass is 266 g/mol. The molecule has 2 nitrogen and oxygen atoms in total. The van der Waals surface area contributed by atoms with Crippen molar-refractivity contribution < 1.29 is 0 Å². The molecule has 0 aliphatic carbocycles. The highest BCUT2D eigenvalue weighted by Crippen LogP contribution is 2.25. The van der Waals surface area contributed by atoms with E-state index in [0.717, 1.165) is 35.4 Å². The number of hydrogen-bond donors (Lipinski definition) is 1. The van der Waals surface area contributed by atoms with Gasteiger partial charge >= 0.3 is 0 Å². The molecule has 0 unspecified atom stereocenters. The first-order chi connectivity index (χ1) is 7.18. The lowest BCUT2D eigenvalue weighted by Gasteiger charge is -2.29. The topological polar surface area (TPSA) is 27.1 Å². The molecular weight excluding hydrogens is 252 g/mol. The predicted molar refractivity (Wildman–Crippen MR) is 67.8 cm³/mol. The van der Waals surface area contributed by atoms with Gasteiger partial charge in [-0.3, -0.25) is 5.41 Å². The summed E-state index contributed by atoms with van der Waals surface area (Å²) in [7, 11) is 0. The number of nitrogens with zero attached hydrogens (tertiary/aromatic N) is 1. The fourth-order valence-corrected chi connectivity index (χ4v) is 2.16. The summed E-state index contributed by atoms with van der Waals surface area (Å²) in [6.07, 6.45) is 3.26. The van der Waals surface area contributed by atoms with Crippen molar-refractivity contribution in [3.8, 4) is 0 Å². The van der Waals surface area contributed by atoms with Crippen LogP contribution in [0.4, 0.5) is 5.69 Å². The van der Waals surface area contributed by atoms with Crippen LogP contribution in [-0.4, -0.2) is 12.4 Å². The second-order valence-corrected chi connectivity index (χ2v) is 4.84. The molecule has 0 radical (unpaired) electrons. The maximum Gasteiger partial charge on any atom is 0.100 e. The lowest BCUT2D eigenvalue weighted by atomic mass is 10.1. The summed E-state index contributed by atoms with van der Waals surface area (Å²) >= 11 is 3.50. The molecule has 2 rings (SSSR count). The van der Waals surface area contributed by atoms with E-state index in [1.54, 1.807) is 0 Å². The van der Waals surface area contributed by atoms with E-state index < -0.39 is 0 Å². The van der Waals surface area contributed by atoms with Crippen molar-refractivity contribution in [3.05, 3.63) is 28.2 Å². The molecule has 1 aliphatic heterocycles. The van der Waals surface area contributed by atoms with Gasteiger partial charge in [-0.25, -0.2) is 0 Å². The molecule has 0 saturated carbocycles. The van der Waals surface area contributed by atoms with Crippen molar-refractivity contribution in [1.29, 1.82) is 5.41 Å². The molecule has 80 valence electrons. The van der Waals surface area contributed by atoms with E-state index in [4.69, 9.17) is 5.41 Å². The summed E-state index contributed by atoms with van der Waals surface area (Å²) in [5.41, 5.74) is 2.38. The Kier molecular flexibility index (Phi) is 3.10. The number of anilines is 1. The number of rotatable bonds is 1. The fraction of sp³-hybridized carbons (Fsp3) is 0.417. The van der Waals surface area contributed by atoms with Crippen molar-refractivity contribution in [3.63, 3.8) is 0 Å². The molecule has 1 N–H and O–H groups in total. The standard InChI is InChI=1S/C12H15BrN2/c1-9-8-10(5-6-11(9)13)15-7-3-2-4-12(15)14/h5-6,8,14H,2-4,7H2,1H3. The van der Waals surface area contributed by atoms with Crippen LogP contribution in [0.15, 0.2) is 22.7 Å². The van der Waals surface area contributed by atoms with Gasteiger partial charge in [0, 0.05) is 23.1 Å². The van der Waals surface area contributed by atoms with Crippen LogP contribution in [0.1, 0.15) is 24.8 Å². The Morgan fingerprint density at radius 2 is 2.13 bits per heavy atom. The van der Waals surface area contributed by atoms with Gasteiger partial charge in [0.15, 0.2) is 0 Å². The van der Waals surface area contributed by atoms with Crippen LogP contribution in [0.5, 0.6) is 0 Å². The molecule has 0 spiro atoms. The second kappa shape index (κ2) is 4.35. The van der Waals surface area contributed by atoms with E-state index in [0.29, 0.717) is 0 Å².